The van der Waals surface area contributed by atoms with Gasteiger partial charge in [-0.15, -0.1) is 0 Å². The Bertz CT molecular complexity index is 2010. The molecule has 21 heteroatoms. The molecule has 2 rings (SSSR count). The van der Waals surface area contributed by atoms with Gasteiger partial charge in [-0.3, -0.25) is 28.0 Å². The van der Waals surface area contributed by atoms with Crippen LogP contribution in [0.4, 0.5) is 5.82 Å². The molecule has 8 atom stereocenters. The van der Waals surface area contributed by atoms with E-state index < -0.39 is 83.7 Å². The number of hydrogen-bond acceptors (Lipinski definition) is 16. The van der Waals surface area contributed by atoms with Crippen molar-refractivity contribution in [3.05, 3.63) is 71.4 Å². The molecule has 0 saturated carbocycles. The normalized spacial score (nSPS) is 19.6. The van der Waals surface area contributed by atoms with Gasteiger partial charge in [0.25, 0.3) is 0 Å². The summed E-state index contributed by atoms with van der Waals surface area (Å²) >= 11 is 0. The van der Waals surface area contributed by atoms with Crippen LogP contribution in [0.5, 0.6) is 0 Å². The van der Waals surface area contributed by atoms with Crippen molar-refractivity contribution < 1.29 is 71.1 Å². The third-order valence-electron chi connectivity index (χ3n) is 12.4. The molecule has 1 aliphatic rings. The fourth-order valence-electron chi connectivity index (χ4n) is 7.83. The molecular weight excluding hydrogens is 997 g/mol. The van der Waals surface area contributed by atoms with Gasteiger partial charge in [0.15, 0.2) is 18.1 Å². The Kier molecular flexibility index (Phi) is 35.7. The predicted octanol–water partition coefficient (Wildman–Crippen LogP) is 10.8. The van der Waals surface area contributed by atoms with E-state index in [0.29, 0.717) is 6.42 Å². The lowest BCUT2D eigenvalue weighted by Gasteiger charge is -2.21. The molecule has 19 nitrogen and oxygen atoms in total. The third-order valence-corrected chi connectivity index (χ3v) is 15.0. The summed E-state index contributed by atoms with van der Waals surface area (Å²) in [6.45, 7) is 4.26. The Morgan fingerprint density at radius 1 is 0.743 bits per heavy atom. The first-order chi connectivity index (χ1) is 35.5. The number of nitrogens with two attached hydrogens (primary N) is 1. The highest BCUT2D eigenvalue weighted by Crippen LogP contribution is 2.60. The summed E-state index contributed by atoms with van der Waals surface area (Å²) in [5, 5.41) is 20.9. The zero-order chi connectivity index (χ0) is 54.5. The van der Waals surface area contributed by atoms with E-state index in [2.05, 4.69) is 48.3 Å². The first-order valence-electron chi connectivity index (χ1n) is 27.0. The number of aliphatic hydroxyl groups is 2. The number of carbonyl (C=O) groups is 3. The van der Waals surface area contributed by atoms with Crippen molar-refractivity contribution in [3.63, 3.8) is 0 Å². The summed E-state index contributed by atoms with van der Waals surface area (Å²) < 4.78 is 56.6. The highest BCUT2D eigenvalue weighted by atomic mass is 31.3. The first-order valence-corrected chi connectivity index (χ1v) is 30.0. The Morgan fingerprint density at radius 2 is 1.34 bits per heavy atom. The Morgan fingerprint density at radius 3 is 1.97 bits per heavy atom. The highest BCUT2D eigenvalue weighted by molar-refractivity contribution is 7.61. The van der Waals surface area contributed by atoms with Gasteiger partial charge in [-0.25, -0.2) is 13.9 Å². The number of anilines is 1. The van der Waals surface area contributed by atoms with Crippen LogP contribution in [0.15, 0.2) is 65.7 Å². The maximum atomic E-state index is 12.9. The van der Waals surface area contributed by atoms with Crippen LogP contribution in [0.3, 0.4) is 0 Å². The van der Waals surface area contributed by atoms with Gasteiger partial charge < -0.3 is 39.9 Å². The number of unbranched alkanes of at least 4 members (excludes halogenated alkanes) is 16. The van der Waals surface area contributed by atoms with Gasteiger partial charge >= 0.3 is 33.3 Å². The number of rotatable bonds is 44. The van der Waals surface area contributed by atoms with Crippen LogP contribution in [0, 0.1) is 5.92 Å². The molecule has 0 radical (unpaired) electrons. The van der Waals surface area contributed by atoms with Gasteiger partial charge in [-0.05, 0) is 56.6 Å². The van der Waals surface area contributed by atoms with E-state index in [1.165, 1.54) is 102 Å². The van der Waals surface area contributed by atoms with Gasteiger partial charge in [-0.1, -0.05) is 172 Å². The maximum Gasteiger partial charge on any atom is 0.481 e. The molecular formula is C53H89N3O16P2. The SMILES string of the molecule is CCCCC/C=C\C/C=C\C/C=C\C=C\C(=O)CCCC(=O)OC[C@H](COP(=O)(O)OP(=O)(O)OC[C@H]1O[C@@H](n2ccc(N)nc2=O)[C@H](O)[C@@H]1O)OC(=O)CCCCCCCCCCCCCCCCC(C)CC. The zero-order valence-corrected chi connectivity index (χ0v) is 46.1. The van der Waals surface area contributed by atoms with E-state index in [1.807, 2.05) is 12.2 Å². The number of phosphoric ester groups is 2. The Labute approximate surface area is 439 Å². The molecule has 1 aliphatic heterocycles. The molecule has 2 heterocycles. The number of phosphoric acid groups is 2. The Balaban J connectivity index is 1.83. The van der Waals surface area contributed by atoms with Crippen LogP contribution in [-0.2, 0) is 51.1 Å². The van der Waals surface area contributed by atoms with E-state index in [-0.39, 0.29) is 37.3 Å². The van der Waals surface area contributed by atoms with E-state index >= 15 is 0 Å². The second kappa shape index (κ2) is 39.7. The maximum absolute atomic E-state index is 12.9. The minimum atomic E-state index is -5.47. The molecule has 1 aromatic heterocycles. The summed E-state index contributed by atoms with van der Waals surface area (Å²) in [6.07, 6.45) is 33.3. The molecule has 0 aromatic carbocycles. The monoisotopic (exact) mass is 1090 g/mol. The van der Waals surface area contributed by atoms with E-state index in [0.717, 1.165) is 61.6 Å². The van der Waals surface area contributed by atoms with Gasteiger partial charge in [0.2, 0.25) is 0 Å². The van der Waals surface area contributed by atoms with Crippen LogP contribution < -0.4 is 11.4 Å². The molecule has 0 spiro atoms. The largest absolute Gasteiger partial charge is 0.481 e. The fourth-order valence-corrected chi connectivity index (χ4v) is 9.94. The molecule has 74 heavy (non-hydrogen) atoms. The van der Waals surface area contributed by atoms with Crippen molar-refractivity contribution in [2.45, 2.75) is 218 Å². The number of esters is 2. The molecule has 1 aromatic rings. The van der Waals surface area contributed by atoms with E-state index in [9.17, 15) is 48.3 Å². The lowest BCUT2D eigenvalue weighted by atomic mass is 9.99. The molecule has 422 valence electrons. The second-order valence-corrected chi connectivity index (χ2v) is 22.1. The van der Waals surface area contributed by atoms with Gasteiger partial charge in [-0.2, -0.15) is 9.29 Å². The molecule has 0 aliphatic carbocycles. The topological polar surface area (TPSA) is 283 Å². The van der Waals surface area contributed by atoms with Gasteiger partial charge in [0.05, 0.1) is 13.2 Å². The summed E-state index contributed by atoms with van der Waals surface area (Å²) in [6, 6.07) is 1.24. The average Bonchev–Trinajstić information content (AvgIpc) is 3.63. The number of ether oxygens (including phenoxy) is 3. The first kappa shape index (κ1) is 66.5. The summed E-state index contributed by atoms with van der Waals surface area (Å²) in [5.41, 5.74) is 4.57. The van der Waals surface area contributed by atoms with Crippen molar-refractivity contribution in [2.75, 3.05) is 25.6 Å². The number of aromatic nitrogens is 2. The third kappa shape index (κ3) is 32.1. The second-order valence-electron chi connectivity index (χ2n) is 19.0. The van der Waals surface area contributed by atoms with Crippen molar-refractivity contribution in [3.8, 4) is 0 Å². The number of nitrogen functional groups attached to an aromatic ring is 1. The fraction of sp³-hybridized carbons (Fsp3) is 0.717. The van der Waals surface area contributed by atoms with Crippen LogP contribution >= 0.6 is 15.6 Å². The smallest absolute Gasteiger partial charge is 0.462 e. The molecule has 1 saturated heterocycles. The lowest BCUT2D eigenvalue weighted by Crippen LogP contribution is -2.36. The minimum absolute atomic E-state index is 0.00152. The van der Waals surface area contributed by atoms with Crippen LogP contribution in [0.25, 0.3) is 0 Å². The number of nitrogens with zero attached hydrogens (tertiary/aromatic N) is 2. The molecule has 0 amide bonds. The van der Waals surface area contributed by atoms with E-state index in [4.69, 9.17) is 29.0 Å². The quantitative estimate of drug-likeness (QED) is 0.0101. The molecule has 1 fully saturated rings. The van der Waals surface area contributed by atoms with Crippen molar-refractivity contribution in [1.29, 1.82) is 0 Å². The number of ketones is 1. The van der Waals surface area contributed by atoms with Crippen LogP contribution in [0.1, 0.15) is 194 Å². The molecule has 6 N–H and O–H groups in total. The predicted molar refractivity (Wildman–Crippen MR) is 284 cm³/mol. The average molecular weight is 1090 g/mol. The van der Waals surface area contributed by atoms with Crippen molar-refractivity contribution in [2.24, 2.45) is 5.92 Å². The van der Waals surface area contributed by atoms with Crippen LogP contribution in [0.2, 0.25) is 0 Å². The van der Waals surface area contributed by atoms with Crippen molar-refractivity contribution >= 4 is 39.2 Å². The number of allylic oxidation sites excluding steroid dienone is 8. The standard InChI is InChI=1S/C53H89N3O16P2/c1-4-6-7-8-9-10-11-14-18-21-24-27-30-34-44(57)35-32-37-48(58)67-40-45(70-49(59)36-31-28-25-22-19-16-13-12-15-17-20-23-26-29-33-43(3)5-2)41-68-73(63,64)72-74(65,66)69-42-46-50(60)51(61)52(71-46)56-39-38-47(54)55-53(56)62/h9-10,14,18,24,27,30,34,38-39,43,45-46,50-52,60-61H,4-8,11-13,15-17,19-23,25-26,28-29,31-33,35-37,40-42H2,1-3H3,(H,63,64)(H,65,66)(H2,54,55,62)/b10-9-,18-14-,27-24-,34-30+/t43?,45-,46-,50-,51-,52-/m1/s1. The number of hydrogen-bond donors (Lipinski definition) is 5. The zero-order valence-electron chi connectivity index (χ0n) is 44.3. The van der Waals surface area contributed by atoms with Gasteiger partial charge in [0, 0.05) is 25.5 Å². The molecule has 3 unspecified atom stereocenters. The van der Waals surface area contributed by atoms with Gasteiger partial charge in [0.1, 0.15) is 30.7 Å². The summed E-state index contributed by atoms with van der Waals surface area (Å²) in [5.74, 6) is -0.922. The van der Waals surface area contributed by atoms with Crippen molar-refractivity contribution in [1.82, 2.24) is 9.55 Å². The number of aliphatic hydroxyl groups excluding tert-OH is 2. The number of carbonyl (C=O) groups excluding carboxylic acids is 3. The van der Waals surface area contributed by atoms with Crippen LogP contribution in [-0.4, -0.2) is 91.5 Å². The summed E-state index contributed by atoms with van der Waals surface area (Å²) in [7, 11) is -10.9. The highest BCUT2D eigenvalue weighted by Gasteiger charge is 2.46. The van der Waals surface area contributed by atoms with E-state index in [1.54, 1.807) is 12.2 Å². The minimum Gasteiger partial charge on any atom is -0.462 e. The Hall–Kier alpha value is -3.61. The lowest BCUT2D eigenvalue weighted by molar-refractivity contribution is -0.161. The molecule has 0 bridgehead atoms. The summed E-state index contributed by atoms with van der Waals surface area (Å²) in [4.78, 5) is 74.3.